The Balaban J connectivity index is 1.30. The maximum atomic E-state index is 12.8. The number of rotatable bonds is 5. The Morgan fingerprint density at radius 3 is 2.50 bits per heavy atom. The summed E-state index contributed by atoms with van der Waals surface area (Å²) in [4.78, 5) is 20.7. The number of aromatic nitrogens is 1. The molecule has 0 unspecified atom stereocenters. The van der Waals surface area contributed by atoms with E-state index in [1.54, 1.807) is 0 Å². The first-order valence-electron chi connectivity index (χ1n) is 9.98. The van der Waals surface area contributed by atoms with Crippen molar-refractivity contribution in [2.75, 3.05) is 32.7 Å². The molecular weight excluding hydrogens is 346 g/mol. The molecule has 0 aliphatic carbocycles. The lowest BCUT2D eigenvalue weighted by molar-refractivity contribution is -0.132. The maximum Gasteiger partial charge on any atom is 0.227 e. The summed E-state index contributed by atoms with van der Waals surface area (Å²) in [6, 6.07) is 18.6. The van der Waals surface area contributed by atoms with Crippen LogP contribution in [0.15, 0.2) is 60.7 Å². The molecule has 2 heterocycles. The molecule has 3 aromatic rings. The highest BCUT2D eigenvalue weighted by Gasteiger charge is 2.22. The van der Waals surface area contributed by atoms with Gasteiger partial charge in [0.25, 0.3) is 0 Å². The van der Waals surface area contributed by atoms with Gasteiger partial charge < -0.3 is 9.88 Å². The number of para-hydroxylation sites is 1. The van der Waals surface area contributed by atoms with E-state index >= 15 is 0 Å². The highest BCUT2D eigenvalue weighted by atomic mass is 16.2. The Hall–Kier alpha value is -2.85. The second kappa shape index (κ2) is 8.44. The lowest BCUT2D eigenvalue weighted by Crippen LogP contribution is -2.49. The molecule has 2 aromatic carbocycles. The third kappa shape index (κ3) is 4.18. The van der Waals surface area contributed by atoms with E-state index in [1.165, 1.54) is 5.56 Å². The number of nitrogens with one attached hydrogen (secondary N) is 1. The summed E-state index contributed by atoms with van der Waals surface area (Å²) < 4.78 is 0. The highest BCUT2D eigenvalue weighted by molar-refractivity contribution is 5.90. The van der Waals surface area contributed by atoms with Crippen LogP contribution in [0, 0.1) is 6.92 Å². The predicted octanol–water partition coefficient (Wildman–Crippen LogP) is 3.88. The van der Waals surface area contributed by atoms with Crippen LogP contribution < -0.4 is 0 Å². The SMILES string of the molecule is Cc1[nH]c2ccccc2c1CC(=O)N1CCN(C/C=C/c2ccccc2)CC1. The number of amides is 1. The van der Waals surface area contributed by atoms with E-state index in [1.807, 2.05) is 23.1 Å². The van der Waals surface area contributed by atoms with Crippen LogP contribution in [0.25, 0.3) is 17.0 Å². The van der Waals surface area contributed by atoms with Gasteiger partial charge >= 0.3 is 0 Å². The van der Waals surface area contributed by atoms with Crippen LogP contribution in [0.3, 0.4) is 0 Å². The van der Waals surface area contributed by atoms with Crippen molar-refractivity contribution in [1.82, 2.24) is 14.8 Å². The summed E-state index contributed by atoms with van der Waals surface area (Å²) in [5.74, 6) is 0.229. The average molecular weight is 374 g/mol. The number of H-pyrrole nitrogens is 1. The fourth-order valence-corrected chi connectivity index (χ4v) is 3.91. The van der Waals surface area contributed by atoms with Gasteiger partial charge in [-0.15, -0.1) is 0 Å². The number of hydrogen-bond acceptors (Lipinski definition) is 2. The second-order valence-electron chi connectivity index (χ2n) is 7.45. The Labute approximate surface area is 166 Å². The van der Waals surface area contributed by atoms with E-state index in [2.05, 4.69) is 65.4 Å². The fourth-order valence-electron chi connectivity index (χ4n) is 3.91. The minimum Gasteiger partial charge on any atom is -0.358 e. The number of fused-ring (bicyclic) bond motifs is 1. The summed E-state index contributed by atoms with van der Waals surface area (Å²) in [6.45, 7) is 6.45. The molecule has 4 heteroatoms. The van der Waals surface area contributed by atoms with Gasteiger partial charge in [-0.2, -0.15) is 0 Å². The third-order valence-electron chi connectivity index (χ3n) is 5.55. The number of hydrogen-bond donors (Lipinski definition) is 1. The van der Waals surface area contributed by atoms with E-state index in [0.29, 0.717) is 6.42 Å². The van der Waals surface area contributed by atoms with Crippen LogP contribution >= 0.6 is 0 Å². The molecule has 1 N–H and O–H groups in total. The van der Waals surface area contributed by atoms with Crippen molar-refractivity contribution in [2.24, 2.45) is 0 Å². The molecule has 0 saturated carbocycles. The molecule has 0 bridgehead atoms. The Morgan fingerprint density at radius 1 is 1.00 bits per heavy atom. The Kier molecular flexibility index (Phi) is 5.58. The van der Waals surface area contributed by atoms with Crippen molar-refractivity contribution < 1.29 is 4.79 Å². The van der Waals surface area contributed by atoms with Crippen molar-refractivity contribution in [3.63, 3.8) is 0 Å². The zero-order chi connectivity index (χ0) is 19.3. The first-order valence-corrected chi connectivity index (χ1v) is 9.98. The zero-order valence-electron chi connectivity index (χ0n) is 16.4. The number of carbonyl (C=O) groups excluding carboxylic acids is 1. The van der Waals surface area contributed by atoms with Crippen LogP contribution in [0.2, 0.25) is 0 Å². The number of benzene rings is 2. The summed E-state index contributed by atoms with van der Waals surface area (Å²) in [5.41, 5.74) is 4.57. The molecule has 1 aliphatic rings. The molecule has 0 atom stereocenters. The first-order chi connectivity index (χ1) is 13.7. The summed E-state index contributed by atoms with van der Waals surface area (Å²) in [5, 5.41) is 1.16. The van der Waals surface area contributed by atoms with E-state index in [4.69, 9.17) is 0 Å². The maximum absolute atomic E-state index is 12.8. The van der Waals surface area contributed by atoms with Gasteiger partial charge in [0.05, 0.1) is 6.42 Å². The largest absolute Gasteiger partial charge is 0.358 e. The first kappa shape index (κ1) is 18.5. The van der Waals surface area contributed by atoms with Crippen molar-refractivity contribution in [3.8, 4) is 0 Å². The van der Waals surface area contributed by atoms with E-state index in [9.17, 15) is 4.79 Å². The monoisotopic (exact) mass is 373 g/mol. The van der Waals surface area contributed by atoms with Crippen molar-refractivity contribution in [3.05, 3.63) is 77.5 Å². The number of nitrogens with zero attached hydrogens (tertiary/aromatic N) is 2. The Bertz CT molecular complexity index is 966. The van der Waals surface area contributed by atoms with Crippen LogP contribution in [0.1, 0.15) is 16.8 Å². The normalized spacial score (nSPS) is 15.5. The molecular formula is C24H27N3O. The quantitative estimate of drug-likeness (QED) is 0.737. The third-order valence-corrected chi connectivity index (χ3v) is 5.55. The molecule has 1 amide bonds. The van der Waals surface area contributed by atoms with Gasteiger partial charge in [0.2, 0.25) is 5.91 Å². The summed E-state index contributed by atoms with van der Waals surface area (Å²) in [7, 11) is 0. The summed E-state index contributed by atoms with van der Waals surface area (Å²) >= 11 is 0. The number of aromatic amines is 1. The molecule has 1 aromatic heterocycles. The minimum atomic E-state index is 0.229. The van der Waals surface area contributed by atoms with Gasteiger partial charge in [-0.05, 0) is 24.1 Å². The lowest BCUT2D eigenvalue weighted by Gasteiger charge is -2.34. The van der Waals surface area contributed by atoms with Crippen LogP contribution in [0.4, 0.5) is 0 Å². The number of aryl methyl sites for hydroxylation is 1. The smallest absolute Gasteiger partial charge is 0.227 e. The molecule has 0 spiro atoms. The summed E-state index contributed by atoms with van der Waals surface area (Å²) in [6.07, 6.45) is 4.85. The Morgan fingerprint density at radius 2 is 1.71 bits per heavy atom. The molecule has 1 saturated heterocycles. The molecule has 4 nitrogen and oxygen atoms in total. The molecule has 1 fully saturated rings. The highest BCUT2D eigenvalue weighted by Crippen LogP contribution is 2.23. The van der Waals surface area contributed by atoms with Gasteiger partial charge in [-0.25, -0.2) is 0 Å². The minimum absolute atomic E-state index is 0.229. The van der Waals surface area contributed by atoms with Crippen LogP contribution in [-0.4, -0.2) is 53.4 Å². The molecule has 4 rings (SSSR count). The molecule has 1 aliphatic heterocycles. The van der Waals surface area contributed by atoms with Gasteiger partial charge in [0.15, 0.2) is 0 Å². The molecule has 144 valence electrons. The lowest BCUT2D eigenvalue weighted by atomic mass is 10.1. The molecule has 0 radical (unpaired) electrons. The standard InChI is InChI=1S/C24H27N3O/c1-19-22(21-11-5-6-12-23(21)25-19)18-24(28)27-16-14-26(15-17-27)13-7-10-20-8-3-2-4-9-20/h2-12,25H,13-18H2,1H3/b10-7+. The average Bonchev–Trinajstić information content (AvgIpc) is 3.04. The van der Waals surface area contributed by atoms with E-state index < -0.39 is 0 Å². The molecule has 28 heavy (non-hydrogen) atoms. The number of piperazine rings is 1. The van der Waals surface area contributed by atoms with Gasteiger partial charge in [-0.1, -0.05) is 60.7 Å². The van der Waals surface area contributed by atoms with Gasteiger partial charge in [-0.3, -0.25) is 9.69 Å². The van der Waals surface area contributed by atoms with Crippen LogP contribution in [-0.2, 0) is 11.2 Å². The topological polar surface area (TPSA) is 39.3 Å². The second-order valence-corrected chi connectivity index (χ2v) is 7.45. The van der Waals surface area contributed by atoms with Gasteiger partial charge in [0.1, 0.15) is 0 Å². The van der Waals surface area contributed by atoms with Crippen LogP contribution in [0.5, 0.6) is 0 Å². The van der Waals surface area contributed by atoms with Crippen molar-refractivity contribution >= 4 is 22.9 Å². The fraction of sp³-hybridized carbons (Fsp3) is 0.292. The van der Waals surface area contributed by atoms with E-state index in [-0.39, 0.29) is 5.91 Å². The number of carbonyl (C=O) groups is 1. The zero-order valence-corrected chi connectivity index (χ0v) is 16.4. The predicted molar refractivity (Wildman–Crippen MR) is 115 cm³/mol. The van der Waals surface area contributed by atoms with Crippen molar-refractivity contribution in [2.45, 2.75) is 13.3 Å². The van der Waals surface area contributed by atoms with Crippen molar-refractivity contribution in [1.29, 1.82) is 0 Å². The van der Waals surface area contributed by atoms with Gasteiger partial charge in [0, 0.05) is 49.3 Å². The van der Waals surface area contributed by atoms with E-state index in [0.717, 1.165) is 54.9 Å².